The van der Waals surface area contributed by atoms with Crippen molar-refractivity contribution in [3.63, 3.8) is 0 Å². The third kappa shape index (κ3) is 4.46. The van der Waals surface area contributed by atoms with Gasteiger partial charge in [0, 0.05) is 45.7 Å². The van der Waals surface area contributed by atoms with Gasteiger partial charge in [0.15, 0.2) is 0 Å². The van der Waals surface area contributed by atoms with Crippen molar-refractivity contribution in [3.8, 4) is 0 Å². The molecule has 0 bridgehead atoms. The molecule has 3 unspecified atom stereocenters. The third-order valence-corrected chi connectivity index (χ3v) is 5.90. The predicted molar refractivity (Wildman–Crippen MR) is 86.4 cm³/mol. The Kier molecular flexibility index (Phi) is 5.84. The van der Waals surface area contributed by atoms with Crippen molar-refractivity contribution in [1.29, 1.82) is 0 Å². The summed E-state index contributed by atoms with van der Waals surface area (Å²) in [4.78, 5) is 9.87. The van der Waals surface area contributed by atoms with Gasteiger partial charge in [-0.1, -0.05) is 13.3 Å². The highest BCUT2D eigenvalue weighted by atomic mass is 32.2. The van der Waals surface area contributed by atoms with E-state index in [9.17, 15) is 27.5 Å². The van der Waals surface area contributed by atoms with Gasteiger partial charge in [-0.25, -0.2) is 0 Å². The van der Waals surface area contributed by atoms with E-state index in [2.05, 4.69) is 5.32 Å². The molecule has 0 spiro atoms. The lowest BCUT2D eigenvalue weighted by molar-refractivity contribution is -0.385. The number of benzene rings is 1. The van der Waals surface area contributed by atoms with E-state index >= 15 is 0 Å². The fourth-order valence-corrected chi connectivity index (χ4v) is 4.32. The van der Waals surface area contributed by atoms with Gasteiger partial charge in [-0.05, 0) is 25.3 Å². The van der Waals surface area contributed by atoms with E-state index in [1.54, 1.807) is 0 Å². The second kappa shape index (κ2) is 7.50. The van der Waals surface area contributed by atoms with Crippen molar-refractivity contribution >= 4 is 22.2 Å². The van der Waals surface area contributed by atoms with Gasteiger partial charge in [-0.3, -0.25) is 14.3 Å². The number of rotatable bonds is 5. The first kappa shape index (κ1) is 18.7. The first-order valence-electron chi connectivity index (χ1n) is 7.71. The Morgan fingerprint density at radius 1 is 1.38 bits per heavy atom. The fourth-order valence-electron chi connectivity index (χ4n) is 2.98. The summed E-state index contributed by atoms with van der Waals surface area (Å²) < 4.78 is 51.5. The van der Waals surface area contributed by atoms with Crippen molar-refractivity contribution in [2.45, 2.75) is 50.1 Å². The summed E-state index contributed by atoms with van der Waals surface area (Å²) >= 11 is 0. The third-order valence-electron chi connectivity index (χ3n) is 4.16. The minimum absolute atomic E-state index is 0.0198. The SMILES string of the molecule is CCS(=O)C1CCCC(Nc2ccc([N+](=O)[O-])cc2C(F)(F)F)C1. The van der Waals surface area contributed by atoms with Crippen molar-refractivity contribution in [2.75, 3.05) is 11.1 Å². The van der Waals surface area contributed by atoms with Crippen molar-refractivity contribution in [2.24, 2.45) is 0 Å². The number of alkyl halides is 3. The van der Waals surface area contributed by atoms with E-state index in [1.165, 1.54) is 0 Å². The van der Waals surface area contributed by atoms with Crippen LogP contribution in [-0.4, -0.2) is 26.2 Å². The number of nitro benzene ring substituents is 1. The van der Waals surface area contributed by atoms with Crippen molar-refractivity contribution in [3.05, 3.63) is 33.9 Å². The second-order valence-electron chi connectivity index (χ2n) is 5.78. The molecule has 9 heteroatoms. The zero-order valence-electron chi connectivity index (χ0n) is 13.1. The lowest BCUT2D eigenvalue weighted by Crippen LogP contribution is -2.33. The minimum Gasteiger partial charge on any atom is -0.382 e. The molecule has 1 saturated carbocycles. The Labute approximate surface area is 140 Å². The molecule has 0 radical (unpaired) electrons. The molecule has 134 valence electrons. The summed E-state index contributed by atoms with van der Waals surface area (Å²) in [7, 11) is -0.976. The highest BCUT2D eigenvalue weighted by Gasteiger charge is 2.36. The van der Waals surface area contributed by atoms with Crippen LogP contribution in [0.2, 0.25) is 0 Å². The minimum atomic E-state index is -4.69. The molecule has 0 saturated heterocycles. The van der Waals surface area contributed by atoms with Crippen LogP contribution in [-0.2, 0) is 17.0 Å². The van der Waals surface area contributed by atoms with Crippen LogP contribution in [0, 0.1) is 10.1 Å². The van der Waals surface area contributed by atoms with Gasteiger partial charge in [0.05, 0.1) is 10.5 Å². The average molecular weight is 364 g/mol. The van der Waals surface area contributed by atoms with Gasteiger partial charge >= 0.3 is 6.18 Å². The topological polar surface area (TPSA) is 72.2 Å². The maximum Gasteiger partial charge on any atom is 0.418 e. The van der Waals surface area contributed by atoms with Gasteiger partial charge in [0.25, 0.3) is 5.69 Å². The van der Waals surface area contributed by atoms with Crippen LogP contribution in [0.1, 0.15) is 38.2 Å². The van der Waals surface area contributed by atoms with Gasteiger partial charge in [-0.2, -0.15) is 13.2 Å². The lowest BCUT2D eigenvalue weighted by Gasteiger charge is -2.30. The number of anilines is 1. The molecular weight excluding hydrogens is 345 g/mol. The van der Waals surface area contributed by atoms with E-state index < -0.39 is 33.2 Å². The Morgan fingerprint density at radius 3 is 2.67 bits per heavy atom. The Morgan fingerprint density at radius 2 is 2.08 bits per heavy atom. The number of nitrogens with one attached hydrogen (secondary N) is 1. The average Bonchev–Trinajstić information content (AvgIpc) is 2.53. The molecule has 1 N–H and O–H groups in total. The zero-order valence-corrected chi connectivity index (χ0v) is 14.0. The molecule has 5 nitrogen and oxygen atoms in total. The van der Waals surface area contributed by atoms with Gasteiger partial charge in [0.2, 0.25) is 0 Å². The molecule has 1 fully saturated rings. The molecule has 3 atom stereocenters. The maximum absolute atomic E-state index is 13.2. The van der Waals surface area contributed by atoms with E-state index in [-0.39, 0.29) is 17.0 Å². The molecule has 1 aliphatic carbocycles. The van der Waals surface area contributed by atoms with E-state index in [1.807, 2.05) is 6.92 Å². The van der Waals surface area contributed by atoms with E-state index in [0.717, 1.165) is 25.0 Å². The van der Waals surface area contributed by atoms with Gasteiger partial charge < -0.3 is 5.32 Å². The van der Waals surface area contributed by atoms with Crippen LogP contribution < -0.4 is 5.32 Å². The molecule has 2 rings (SSSR count). The standard InChI is InChI=1S/C15H19F3N2O3S/c1-2-24(23)12-5-3-4-10(8-12)19-14-7-6-11(20(21)22)9-13(14)15(16,17)18/h6-7,9-10,12,19H,2-5,8H2,1H3. The highest BCUT2D eigenvalue weighted by molar-refractivity contribution is 7.85. The van der Waals surface area contributed by atoms with Crippen LogP contribution in [0.15, 0.2) is 18.2 Å². The molecule has 0 heterocycles. The lowest BCUT2D eigenvalue weighted by atomic mass is 9.94. The van der Waals surface area contributed by atoms with Crippen LogP contribution in [0.4, 0.5) is 24.5 Å². The summed E-state index contributed by atoms with van der Waals surface area (Å²) in [5.74, 6) is 0.530. The number of non-ortho nitro benzene ring substituents is 1. The molecule has 0 aliphatic heterocycles. The largest absolute Gasteiger partial charge is 0.418 e. The molecule has 24 heavy (non-hydrogen) atoms. The Bertz CT molecular complexity index is 637. The molecule has 0 aromatic heterocycles. The van der Waals surface area contributed by atoms with Gasteiger partial charge in [-0.15, -0.1) is 0 Å². The molecular formula is C15H19F3N2O3S. The molecule has 1 aliphatic rings. The molecule has 0 amide bonds. The van der Waals surface area contributed by atoms with E-state index in [4.69, 9.17) is 0 Å². The zero-order chi connectivity index (χ0) is 17.9. The summed E-state index contributed by atoms with van der Waals surface area (Å²) in [5.41, 5.74) is -1.81. The predicted octanol–water partition coefficient (Wildman–Crippen LogP) is 4.11. The smallest absolute Gasteiger partial charge is 0.382 e. The van der Waals surface area contributed by atoms with Crippen molar-refractivity contribution < 1.29 is 22.3 Å². The van der Waals surface area contributed by atoms with Crippen LogP contribution in [0.5, 0.6) is 0 Å². The number of halogens is 3. The molecule has 1 aromatic rings. The summed E-state index contributed by atoms with van der Waals surface area (Å²) in [6.07, 6.45) is -1.86. The summed E-state index contributed by atoms with van der Waals surface area (Å²) in [6, 6.07) is 2.48. The van der Waals surface area contributed by atoms with E-state index in [0.29, 0.717) is 24.7 Å². The second-order valence-corrected chi connectivity index (χ2v) is 7.79. The number of nitro groups is 1. The normalized spacial score (nSPS) is 22.8. The highest BCUT2D eigenvalue weighted by Crippen LogP contribution is 2.38. The number of hydrogen-bond acceptors (Lipinski definition) is 4. The first-order chi connectivity index (χ1) is 11.2. The van der Waals surface area contributed by atoms with Crippen LogP contribution >= 0.6 is 0 Å². The fraction of sp³-hybridized carbons (Fsp3) is 0.600. The van der Waals surface area contributed by atoms with Crippen LogP contribution in [0.25, 0.3) is 0 Å². The monoisotopic (exact) mass is 364 g/mol. The summed E-state index contributed by atoms with van der Waals surface area (Å²) in [6.45, 7) is 1.82. The van der Waals surface area contributed by atoms with Crippen LogP contribution in [0.3, 0.4) is 0 Å². The van der Waals surface area contributed by atoms with Gasteiger partial charge in [0.1, 0.15) is 0 Å². The first-order valence-corrected chi connectivity index (χ1v) is 9.10. The molecule has 1 aromatic carbocycles. The number of hydrogen-bond donors (Lipinski definition) is 1. The Balaban J connectivity index is 2.22. The maximum atomic E-state index is 13.2. The summed E-state index contributed by atoms with van der Waals surface area (Å²) in [5, 5.41) is 13.6. The number of nitrogens with zero attached hydrogens (tertiary/aromatic N) is 1. The quantitative estimate of drug-likeness (QED) is 0.630. The Hall–Kier alpha value is -1.64. The van der Waals surface area contributed by atoms with Crippen molar-refractivity contribution in [1.82, 2.24) is 0 Å².